The van der Waals surface area contributed by atoms with Crippen molar-refractivity contribution < 1.29 is 32.6 Å². The number of benzene rings is 3. The summed E-state index contributed by atoms with van der Waals surface area (Å²) in [6.45, 7) is 0.498. The van der Waals surface area contributed by atoms with Crippen molar-refractivity contribution >= 4 is 28.8 Å². The monoisotopic (exact) mass is 508 g/mol. The van der Waals surface area contributed by atoms with E-state index in [1.807, 2.05) is 19.0 Å². The summed E-state index contributed by atoms with van der Waals surface area (Å²) >= 11 is 0. The number of aliphatic hydroxyl groups is 1. The van der Waals surface area contributed by atoms with Crippen LogP contribution in [-0.2, 0) is 22.2 Å². The van der Waals surface area contributed by atoms with Crippen LogP contribution in [0.15, 0.2) is 72.3 Å². The summed E-state index contributed by atoms with van der Waals surface area (Å²) in [5.41, 5.74) is 1.24. The largest absolute Gasteiger partial charge is 0.507 e. The number of aliphatic hydroxyl groups excluding tert-OH is 1. The maximum atomic E-state index is 13.5. The van der Waals surface area contributed by atoms with E-state index < -0.39 is 35.2 Å². The fraction of sp³-hybridized carbons (Fsp3) is 0.214. The summed E-state index contributed by atoms with van der Waals surface area (Å²) in [6, 6.07) is 15.0. The van der Waals surface area contributed by atoms with Gasteiger partial charge in [0.15, 0.2) is 0 Å². The number of anilines is 2. The Bertz CT molecular complexity index is 1430. The first-order valence-electron chi connectivity index (χ1n) is 11.6. The van der Waals surface area contributed by atoms with E-state index in [2.05, 4.69) is 0 Å². The number of rotatable bonds is 4. The molecule has 0 aromatic heterocycles. The Morgan fingerprint density at radius 3 is 2.43 bits per heavy atom. The fourth-order valence-electron chi connectivity index (χ4n) is 4.69. The zero-order valence-electron chi connectivity index (χ0n) is 20.0. The first kappa shape index (κ1) is 24.4. The normalized spacial score (nSPS) is 18.6. The van der Waals surface area contributed by atoms with Gasteiger partial charge in [-0.1, -0.05) is 18.2 Å². The predicted octanol–water partition coefficient (Wildman–Crippen LogP) is 5.33. The lowest BCUT2D eigenvalue weighted by atomic mass is 9.94. The summed E-state index contributed by atoms with van der Waals surface area (Å²) in [6.07, 6.45) is -4.01. The summed E-state index contributed by atoms with van der Waals surface area (Å²) in [7, 11) is 3.70. The van der Waals surface area contributed by atoms with Crippen LogP contribution in [0.25, 0.3) is 5.76 Å². The van der Waals surface area contributed by atoms with Crippen LogP contribution in [0.4, 0.5) is 24.5 Å². The molecule has 2 heterocycles. The van der Waals surface area contributed by atoms with Gasteiger partial charge in [0.05, 0.1) is 23.8 Å². The fourth-order valence-corrected chi connectivity index (χ4v) is 4.69. The third-order valence-corrected chi connectivity index (χ3v) is 6.58. The molecule has 6 nitrogen and oxygen atoms in total. The van der Waals surface area contributed by atoms with E-state index in [9.17, 15) is 27.9 Å². The van der Waals surface area contributed by atoms with Gasteiger partial charge in [-0.25, -0.2) is 0 Å². The number of amides is 1. The minimum Gasteiger partial charge on any atom is -0.507 e. The molecule has 3 aromatic rings. The number of halogens is 3. The van der Waals surface area contributed by atoms with E-state index >= 15 is 0 Å². The molecule has 0 radical (unpaired) electrons. The molecule has 5 rings (SSSR count). The van der Waals surface area contributed by atoms with Crippen molar-refractivity contribution in [2.45, 2.75) is 18.6 Å². The van der Waals surface area contributed by atoms with E-state index in [1.165, 1.54) is 12.1 Å². The molecule has 9 heteroatoms. The van der Waals surface area contributed by atoms with Crippen molar-refractivity contribution in [1.82, 2.24) is 0 Å². The van der Waals surface area contributed by atoms with Gasteiger partial charge in [-0.2, -0.15) is 13.2 Å². The first-order chi connectivity index (χ1) is 17.6. The number of alkyl halides is 3. The topological polar surface area (TPSA) is 70.1 Å². The van der Waals surface area contributed by atoms with Gasteiger partial charge in [0.1, 0.15) is 11.5 Å². The highest BCUT2D eigenvalue weighted by Crippen LogP contribution is 2.44. The quantitative estimate of drug-likeness (QED) is 0.293. The third kappa shape index (κ3) is 4.30. The van der Waals surface area contributed by atoms with Crippen LogP contribution < -0.4 is 14.5 Å². The zero-order chi connectivity index (χ0) is 26.5. The number of carbonyl (C=O) groups is 2. The number of Topliss-reactive ketones (excluding diaryl/α,β-unsaturated/α-hetero) is 1. The lowest BCUT2D eigenvalue weighted by molar-refractivity contribution is -0.137. The smallest absolute Gasteiger partial charge is 0.416 e. The summed E-state index contributed by atoms with van der Waals surface area (Å²) < 4.78 is 45.9. The van der Waals surface area contributed by atoms with Gasteiger partial charge in [-0.3, -0.25) is 14.5 Å². The summed E-state index contributed by atoms with van der Waals surface area (Å²) in [5.74, 6) is -1.72. The van der Waals surface area contributed by atoms with Crippen molar-refractivity contribution in [2.75, 3.05) is 30.5 Å². The summed E-state index contributed by atoms with van der Waals surface area (Å²) in [4.78, 5) is 29.5. The maximum Gasteiger partial charge on any atom is 0.416 e. The molecule has 1 unspecified atom stereocenters. The number of carbonyl (C=O) groups excluding carboxylic acids is 2. The standard InChI is InChI=1S/C28H23F3N2O4/c1-32(2)20-9-6-16(7-10-20)24-23(25(34)18-8-11-22-17(14-18)12-13-37-22)26(35)27(36)33(24)21-5-3-4-19(15-21)28(29,30)31/h3-11,14-15,24,34H,12-13H2,1-2H3/b25-23-. The molecule has 2 aliphatic heterocycles. The first-order valence-corrected chi connectivity index (χ1v) is 11.6. The van der Waals surface area contributed by atoms with Gasteiger partial charge in [0.2, 0.25) is 0 Å². The predicted molar refractivity (Wildman–Crippen MR) is 133 cm³/mol. The molecule has 1 amide bonds. The Morgan fingerprint density at radius 2 is 1.76 bits per heavy atom. The molecule has 1 saturated heterocycles. The lowest BCUT2D eigenvalue weighted by Gasteiger charge is -2.26. The Morgan fingerprint density at radius 1 is 1.03 bits per heavy atom. The molecule has 0 spiro atoms. The molecule has 1 N–H and O–H groups in total. The minimum atomic E-state index is -4.64. The van der Waals surface area contributed by atoms with Crippen LogP contribution in [0.3, 0.4) is 0 Å². The second-order valence-corrected chi connectivity index (χ2v) is 9.12. The van der Waals surface area contributed by atoms with E-state index in [0.29, 0.717) is 29.9 Å². The van der Waals surface area contributed by atoms with Crippen molar-refractivity contribution in [3.63, 3.8) is 0 Å². The molecule has 0 saturated carbocycles. The number of fused-ring (bicyclic) bond motifs is 1. The van der Waals surface area contributed by atoms with Crippen LogP contribution in [-0.4, -0.2) is 37.5 Å². The van der Waals surface area contributed by atoms with Crippen LogP contribution in [0.5, 0.6) is 5.75 Å². The van der Waals surface area contributed by atoms with Gasteiger partial charge >= 0.3 is 6.18 Å². The number of ketones is 1. The Balaban J connectivity index is 1.69. The van der Waals surface area contributed by atoms with Crippen LogP contribution in [0.1, 0.15) is 28.3 Å². The van der Waals surface area contributed by atoms with Crippen molar-refractivity contribution in [2.24, 2.45) is 0 Å². The molecule has 1 atom stereocenters. The molecule has 0 aliphatic carbocycles. The van der Waals surface area contributed by atoms with Crippen LogP contribution >= 0.6 is 0 Å². The Labute approximate surface area is 211 Å². The molecule has 3 aromatic carbocycles. The Hall–Kier alpha value is -4.27. The number of hydrogen-bond donors (Lipinski definition) is 1. The van der Waals surface area contributed by atoms with E-state index in [4.69, 9.17) is 4.74 Å². The number of ether oxygens (including phenoxy) is 1. The third-order valence-electron chi connectivity index (χ3n) is 6.58. The van der Waals surface area contributed by atoms with Crippen molar-refractivity contribution in [3.05, 3.63) is 94.6 Å². The molecular formula is C28H23F3N2O4. The second kappa shape index (κ2) is 8.99. The van der Waals surface area contributed by atoms with Gasteiger partial charge in [-0.15, -0.1) is 0 Å². The van der Waals surface area contributed by atoms with Crippen molar-refractivity contribution in [3.8, 4) is 5.75 Å². The maximum absolute atomic E-state index is 13.5. The van der Waals surface area contributed by atoms with Crippen LogP contribution in [0, 0.1) is 0 Å². The lowest BCUT2D eigenvalue weighted by Crippen LogP contribution is -2.29. The van der Waals surface area contributed by atoms with Gasteiger partial charge < -0.3 is 14.7 Å². The van der Waals surface area contributed by atoms with Gasteiger partial charge in [0.25, 0.3) is 11.7 Å². The molecule has 37 heavy (non-hydrogen) atoms. The molecule has 0 bridgehead atoms. The number of hydrogen-bond acceptors (Lipinski definition) is 5. The molecular weight excluding hydrogens is 485 g/mol. The van der Waals surface area contributed by atoms with E-state index in [0.717, 1.165) is 28.3 Å². The van der Waals surface area contributed by atoms with Gasteiger partial charge in [0, 0.05) is 37.5 Å². The SMILES string of the molecule is CN(C)c1ccc(C2/C(=C(/O)c3ccc4c(c3)CCO4)C(=O)C(=O)N2c2cccc(C(F)(F)F)c2)cc1. The van der Waals surface area contributed by atoms with Crippen molar-refractivity contribution in [1.29, 1.82) is 0 Å². The zero-order valence-corrected chi connectivity index (χ0v) is 20.0. The highest BCUT2D eigenvalue weighted by Gasteiger charge is 2.47. The molecule has 190 valence electrons. The van der Waals surface area contributed by atoms with E-state index in [1.54, 1.807) is 42.5 Å². The van der Waals surface area contributed by atoms with Crippen LogP contribution in [0.2, 0.25) is 0 Å². The number of nitrogens with zero attached hydrogens (tertiary/aromatic N) is 2. The molecule has 1 fully saturated rings. The van der Waals surface area contributed by atoms with E-state index in [-0.39, 0.29) is 11.3 Å². The average Bonchev–Trinajstić information content (AvgIpc) is 3.45. The average molecular weight is 508 g/mol. The second-order valence-electron chi connectivity index (χ2n) is 9.12. The molecule has 2 aliphatic rings. The minimum absolute atomic E-state index is 0.0972. The van der Waals surface area contributed by atoms with Gasteiger partial charge in [-0.05, 0) is 59.7 Å². The Kier molecular flexibility index (Phi) is 5.94. The highest BCUT2D eigenvalue weighted by molar-refractivity contribution is 6.51. The summed E-state index contributed by atoms with van der Waals surface area (Å²) in [5, 5.41) is 11.3. The highest BCUT2D eigenvalue weighted by atomic mass is 19.4.